The standard InChI is InChI=1S/C20H28N6O.C2HF3O2/c1-24-9-11-25(12-10-24)14-15-4-6-16(7-5-15)22-20(27)18-13-19-17(21)3-2-8-26(19)23-18;3-2(4,5)1(6)7/h4-7,13,17H,2-3,8-12,14,21H2,1H3,(H,22,27);(H,6,7). The number of likely N-dealkylation sites (N-methyl/N-ethyl adjacent to an activating group) is 1. The number of nitrogens with one attached hydrogen (secondary N) is 1. The molecule has 1 aromatic heterocycles. The average Bonchev–Trinajstić information content (AvgIpc) is 3.23. The first kappa shape index (κ1) is 25.7. The van der Waals surface area contributed by atoms with Crippen LogP contribution in [0.3, 0.4) is 0 Å². The third-order valence-electron chi connectivity index (χ3n) is 5.77. The number of piperazine rings is 1. The molecular weight excluding hydrogens is 453 g/mol. The van der Waals surface area contributed by atoms with Crippen LogP contribution in [0, 0.1) is 0 Å². The predicted octanol–water partition coefficient (Wildman–Crippen LogP) is 2.31. The molecule has 1 atom stereocenters. The number of nitrogens with zero attached hydrogens (tertiary/aromatic N) is 4. The number of aromatic nitrogens is 2. The van der Waals surface area contributed by atoms with Gasteiger partial charge in [0.2, 0.25) is 0 Å². The molecule has 0 saturated carbocycles. The maximum atomic E-state index is 12.5. The van der Waals surface area contributed by atoms with E-state index in [4.69, 9.17) is 15.6 Å². The second kappa shape index (κ2) is 11.0. The minimum atomic E-state index is -5.08. The van der Waals surface area contributed by atoms with Crippen molar-refractivity contribution in [1.82, 2.24) is 19.6 Å². The van der Waals surface area contributed by atoms with Crippen molar-refractivity contribution in [3.63, 3.8) is 0 Å². The number of carboxylic acids is 1. The van der Waals surface area contributed by atoms with Crippen LogP contribution in [0.4, 0.5) is 18.9 Å². The van der Waals surface area contributed by atoms with Crippen molar-refractivity contribution < 1.29 is 27.9 Å². The molecule has 1 aromatic carbocycles. The van der Waals surface area contributed by atoms with Gasteiger partial charge in [0.05, 0.1) is 5.69 Å². The average molecular weight is 483 g/mol. The molecule has 0 spiro atoms. The fraction of sp³-hybridized carbons (Fsp3) is 0.500. The van der Waals surface area contributed by atoms with E-state index in [0.717, 1.165) is 63.5 Å². The van der Waals surface area contributed by atoms with Crippen molar-refractivity contribution in [2.75, 3.05) is 38.5 Å². The van der Waals surface area contributed by atoms with Crippen LogP contribution in [-0.2, 0) is 17.9 Å². The number of halogens is 3. The first-order chi connectivity index (χ1) is 16.0. The maximum Gasteiger partial charge on any atom is 0.490 e. The summed E-state index contributed by atoms with van der Waals surface area (Å²) in [6.07, 6.45) is -3.13. The fourth-order valence-corrected chi connectivity index (χ4v) is 3.78. The molecule has 0 radical (unpaired) electrons. The largest absolute Gasteiger partial charge is 0.490 e. The summed E-state index contributed by atoms with van der Waals surface area (Å²) < 4.78 is 33.6. The van der Waals surface area contributed by atoms with Gasteiger partial charge in [-0.2, -0.15) is 18.3 Å². The molecular formula is C22H29F3N6O3. The quantitative estimate of drug-likeness (QED) is 0.612. The zero-order chi connectivity index (χ0) is 24.9. The molecule has 2 aliphatic rings. The Labute approximate surface area is 195 Å². The minimum Gasteiger partial charge on any atom is -0.475 e. The fourth-order valence-electron chi connectivity index (χ4n) is 3.78. The van der Waals surface area contributed by atoms with Crippen molar-refractivity contribution >= 4 is 17.6 Å². The first-order valence-corrected chi connectivity index (χ1v) is 11.0. The van der Waals surface area contributed by atoms with Crippen molar-refractivity contribution in [2.45, 2.75) is 38.1 Å². The van der Waals surface area contributed by atoms with Gasteiger partial charge in [0, 0.05) is 51.0 Å². The molecule has 0 aliphatic carbocycles. The molecule has 186 valence electrons. The summed E-state index contributed by atoms with van der Waals surface area (Å²) in [4.78, 5) is 26.2. The first-order valence-electron chi connectivity index (χ1n) is 11.0. The highest BCUT2D eigenvalue weighted by Gasteiger charge is 2.38. The van der Waals surface area contributed by atoms with Crippen LogP contribution in [-0.4, -0.2) is 76.0 Å². The summed E-state index contributed by atoms with van der Waals surface area (Å²) in [6.45, 7) is 6.22. The summed E-state index contributed by atoms with van der Waals surface area (Å²) >= 11 is 0. The number of alkyl halides is 3. The van der Waals surface area contributed by atoms with Crippen molar-refractivity contribution in [3.05, 3.63) is 47.3 Å². The van der Waals surface area contributed by atoms with Gasteiger partial charge in [-0.1, -0.05) is 12.1 Å². The van der Waals surface area contributed by atoms with E-state index in [2.05, 4.69) is 39.4 Å². The van der Waals surface area contributed by atoms with Crippen molar-refractivity contribution in [3.8, 4) is 0 Å². The number of fused-ring (bicyclic) bond motifs is 1. The predicted molar refractivity (Wildman–Crippen MR) is 119 cm³/mol. The van der Waals surface area contributed by atoms with E-state index < -0.39 is 12.1 Å². The second-order valence-electron chi connectivity index (χ2n) is 8.46. The molecule has 1 fully saturated rings. The van der Waals surface area contributed by atoms with E-state index in [1.54, 1.807) is 0 Å². The molecule has 12 heteroatoms. The van der Waals surface area contributed by atoms with E-state index >= 15 is 0 Å². The highest BCUT2D eigenvalue weighted by Crippen LogP contribution is 2.23. The van der Waals surface area contributed by atoms with Gasteiger partial charge in [-0.15, -0.1) is 0 Å². The molecule has 1 saturated heterocycles. The normalized spacial score (nSPS) is 19.0. The van der Waals surface area contributed by atoms with E-state index in [1.165, 1.54) is 5.56 Å². The van der Waals surface area contributed by atoms with E-state index in [0.29, 0.717) is 5.69 Å². The number of benzene rings is 1. The number of carbonyl (C=O) groups is 2. The molecule has 4 N–H and O–H groups in total. The van der Waals surface area contributed by atoms with Crippen LogP contribution in [0.2, 0.25) is 0 Å². The third kappa shape index (κ3) is 7.02. The minimum absolute atomic E-state index is 0.0262. The molecule has 9 nitrogen and oxygen atoms in total. The Morgan fingerprint density at radius 1 is 1.15 bits per heavy atom. The number of carboxylic acid groups (broad SMARTS) is 1. The third-order valence-corrected chi connectivity index (χ3v) is 5.77. The number of aliphatic carboxylic acids is 1. The maximum absolute atomic E-state index is 12.5. The van der Waals surface area contributed by atoms with Gasteiger partial charge in [-0.05, 0) is 43.7 Å². The van der Waals surface area contributed by atoms with E-state index in [1.807, 2.05) is 22.9 Å². The van der Waals surface area contributed by atoms with Crippen molar-refractivity contribution in [2.24, 2.45) is 5.73 Å². The monoisotopic (exact) mass is 482 g/mol. The number of nitrogens with two attached hydrogens (primary N) is 1. The molecule has 4 rings (SSSR count). The number of anilines is 1. The van der Waals surface area contributed by atoms with Gasteiger partial charge in [0.25, 0.3) is 5.91 Å². The Balaban J connectivity index is 0.000000406. The zero-order valence-electron chi connectivity index (χ0n) is 18.9. The van der Waals surface area contributed by atoms with Gasteiger partial charge < -0.3 is 21.1 Å². The van der Waals surface area contributed by atoms with Crippen LogP contribution < -0.4 is 11.1 Å². The van der Waals surface area contributed by atoms with Crippen LogP contribution in [0.15, 0.2) is 30.3 Å². The van der Waals surface area contributed by atoms with Crippen LogP contribution >= 0.6 is 0 Å². The topological polar surface area (TPSA) is 117 Å². The van der Waals surface area contributed by atoms with Crippen LogP contribution in [0.25, 0.3) is 0 Å². The number of aryl methyl sites for hydroxylation is 1. The molecule has 1 unspecified atom stereocenters. The number of hydrogen-bond donors (Lipinski definition) is 3. The Kier molecular flexibility index (Phi) is 8.28. The lowest BCUT2D eigenvalue weighted by Crippen LogP contribution is -2.43. The summed E-state index contributed by atoms with van der Waals surface area (Å²) in [5, 5.41) is 14.5. The highest BCUT2D eigenvalue weighted by molar-refractivity contribution is 6.02. The lowest BCUT2D eigenvalue weighted by Gasteiger charge is -2.32. The van der Waals surface area contributed by atoms with Crippen LogP contribution in [0.1, 0.15) is 40.6 Å². The van der Waals surface area contributed by atoms with Crippen LogP contribution in [0.5, 0.6) is 0 Å². The highest BCUT2D eigenvalue weighted by atomic mass is 19.4. The molecule has 2 aliphatic heterocycles. The van der Waals surface area contributed by atoms with Gasteiger partial charge >= 0.3 is 12.1 Å². The van der Waals surface area contributed by atoms with E-state index in [-0.39, 0.29) is 11.9 Å². The number of hydrogen-bond acceptors (Lipinski definition) is 6. The molecule has 1 amide bonds. The smallest absolute Gasteiger partial charge is 0.475 e. The number of amides is 1. The van der Waals surface area contributed by atoms with Gasteiger partial charge in [0.15, 0.2) is 5.69 Å². The Bertz CT molecular complexity index is 985. The number of rotatable bonds is 4. The molecule has 34 heavy (non-hydrogen) atoms. The van der Waals surface area contributed by atoms with Crippen molar-refractivity contribution in [1.29, 1.82) is 0 Å². The lowest BCUT2D eigenvalue weighted by molar-refractivity contribution is -0.192. The summed E-state index contributed by atoms with van der Waals surface area (Å²) in [6, 6.07) is 9.89. The van der Waals surface area contributed by atoms with Gasteiger partial charge in [0.1, 0.15) is 0 Å². The van der Waals surface area contributed by atoms with Gasteiger partial charge in [-0.25, -0.2) is 4.79 Å². The molecule has 3 heterocycles. The Hall–Kier alpha value is -2.96. The van der Waals surface area contributed by atoms with E-state index in [9.17, 15) is 18.0 Å². The lowest BCUT2D eigenvalue weighted by atomic mass is 10.1. The number of carbonyl (C=O) groups excluding carboxylic acids is 1. The summed E-state index contributed by atoms with van der Waals surface area (Å²) in [7, 11) is 2.17. The summed E-state index contributed by atoms with van der Waals surface area (Å²) in [5.74, 6) is -2.94. The SMILES string of the molecule is CN1CCN(Cc2ccc(NC(=O)c3cc4n(n3)CCCC4N)cc2)CC1.O=C(O)C(F)(F)F. The molecule has 0 bridgehead atoms. The Morgan fingerprint density at radius 3 is 2.32 bits per heavy atom. The van der Waals surface area contributed by atoms with Gasteiger partial charge in [-0.3, -0.25) is 14.4 Å². The second-order valence-corrected chi connectivity index (χ2v) is 8.46. The zero-order valence-corrected chi connectivity index (χ0v) is 18.9. The summed E-state index contributed by atoms with van der Waals surface area (Å²) in [5.41, 5.74) is 9.56. The Morgan fingerprint density at radius 2 is 1.76 bits per heavy atom. The molecule has 2 aromatic rings.